The molecule has 1 heterocycles. The van der Waals surface area contributed by atoms with Crippen molar-refractivity contribution < 1.29 is 14.3 Å². The Bertz CT molecular complexity index is 813. The first-order valence-corrected chi connectivity index (χ1v) is 9.77. The number of thioether (sulfide) groups is 1. The van der Waals surface area contributed by atoms with E-state index < -0.39 is 4.75 Å². The van der Waals surface area contributed by atoms with Crippen LogP contribution in [0.3, 0.4) is 0 Å². The summed E-state index contributed by atoms with van der Waals surface area (Å²) >= 11 is 7.57. The predicted octanol–water partition coefficient (Wildman–Crippen LogP) is 4.69. The highest BCUT2D eigenvalue weighted by atomic mass is 35.5. The standard InChI is InChI=1S/C20H22ClNO3S/c1-22-16-7-4-5-8-18(16)26-20(19(22)23,11-6-12-21)15-13-14(24-2)9-10-17(15)25-3/h4-5,7-10,13H,6,11-12H2,1-3H3. The number of likely N-dealkylation sites (N-methyl/N-ethyl adjacent to an activating group) is 1. The molecule has 6 heteroatoms. The Hall–Kier alpha value is -1.85. The van der Waals surface area contributed by atoms with Crippen molar-refractivity contribution in [2.45, 2.75) is 22.5 Å². The van der Waals surface area contributed by atoms with Crippen LogP contribution in [0.2, 0.25) is 0 Å². The van der Waals surface area contributed by atoms with Gasteiger partial charge in [0.15, 0.2) is 0 Å². The molecule has 0 bridgehead atoms. The lowest BCUT2D eigenvalue weighted by Crippen LogP contribution is -2.46. The molecule has 0 radical (unpaired) electrons. The van der Waals surface area contributed by atoms with Crippen molar-refractivity contribution in [1.29, 1.82) is 0 Å². The summed E-state index contributed by atoms with van der Waals surface area (Å²) in [6.07, 6.45) is 1.33. The Labute approximate surface area is 163 Å². The van der Waals surface area contributed by atoms with Gasteiger partial charge in [0.05, 0.1) is 19.9 Å². The molecule has 0 saturated carbocycles. The van der Waals surface area contributed by atoms with E-state index in [1.165, 1.54) is 0 Å². The highest BCUT2D eigenvalue weighted by molar-refractivity contribution is 8.01. The van der Waals surface area contributed by atoms with Crippen molar-refractivity contribution in [1.82, 2.24) is 0 Å². The van der Waals surface area contributed by atoms with E-state index in [0.29, 0.717) is 23.8 Å². The van der Waals surface area contributed by atoms with Crippen LogP contribution in [0.5, 0.6) is 11.5 Å². The van der Waals surface area contributed by atoms with Crippen LogP contribution in [0.4, 0.5) is 5.69 Å². The number of hydrogen-bond donors (Lipinski definition) is 0. The van der Waals surface area contributed by atoms with Gasteiger partial charge in [-0.15, -0.1) is 23.4 Å². The molecular formula is C20H22ClNO3S. The lowest BCUT2D eigenvalue weighted by atomic mass is 9.90. The van der Waals surface area contributed by atoms with Crippen LogP contribution in [0.1, 0.15) is 18.4 Å². The molecule has 26 heavy (non-hydrogen) atoms. The topological polar surface area (TPSA) is 38.8 Å². The van der Waals surface area contributed by atoms with E-state index in [0.717, 1.165) is 22.6 Å². The number of carbonyl (C=O) groups is 1. The Morgan fingerprint density at radius 1 is 1.15 bits per heavy atom. The number of alkyl halides is 1. The quantitative estimate of drug-likeness (QED) is 0.670. The number of rotatable bonds is 6. The number of anilines is 1. The molecule has 1 aliphatic rings. The van der Waals surface area contributed by atoms with E-state index in [1.54, 1.807) is 30.9 Å². The van der Waals surface area contributed by atoms with E-state index in [1.807, 2.05) is 49.5 Å². The number of carbonyl (C=O) groups excluding carboxylic acids is 1. The Morgan fingerprint density at radius 3 is 2.62 bits per heavy atom. The number of amides is 1. The molecule has 0 aromatic heterocycles. The van der Waals surface area contributed by atoms with Crippen molar-refractivity contribution in [3.8, 4) is 11.5 Å². The molecule has 3 rings (SSSR count). The molecule has 0 fully saturated rings. The van der Waals surface area contributed by atoms with Gasteiger partial charge >= 0.3 is 0 Å². The summed E-state index contributed by atoms with van der Waals surface area (Å²) in [5.41, 5.74) is 1.74. The minimum atomic E-state index is -0.808. The third-order valence-corrected chi connectivity index (χ3v) is 6.44. The van der Waals surface area contributed by atoms with Gasteiger partial charge in [0, 0.05) is 23.4 Å². The summed E-state index contributed by atoms with van der Waals surface area (Å²) in [4.78, 5) is 16.3. The largest absolute Gasteiger partial charge is 0.497 e. The van der Waals surface area contributed by atoms with Gasteiger partial charge in [0.25, 0.3) is 0 Å². The number of hydrogen-bond acceptors (Lipinski definition) is 4. The van der Waals surface area contributed by atoms with Crippen molar-refractivity contribution in [3.63, 3.8) is 0 Å². The highest BCUT2D eigenvalue weighted by Gasteiger charge is 2.48. The number of methoxy groups -OCH3 is 2. The van der Waals surface area contributed by atoms with E-state index in [-0.39, 0.29) is 5.91 Å². The average Bonchev–Trinajstić information content (AvgIpc) is 2.69. The molecule has 1 amide bonds. The summed E-state index contributed by atoms with van der Waals surface area (Å²) in [6.45, 7) is 0. The molecule has 0 N–H and O–H groups in total. The van der Waals surface area contributed by atoms with E-state index in [2.05, 4.69) is 0 Å². The van der Waals surface area contributed by atoms with Crippen LogP contribution >= 0.6 is 23.4 Å². The van der Waals surface area contributed by atoms with Crippen LogP contribution in [0.15, 0.2) is 47.4 Å². The number of halogens is 1. The zero-order chi connectivity index (χ0) is 18.7. The third-order valence-electron chi connectivity index (χ3n) is 4.67. The lowest BCUT2D eigenvalue weighted by Gasteiger charge is -2.41. The zero-order valence-corrected chi connectivity index (χ0v) is 16.7. The maximum atomic E-state index is 13.5. The van der Waals surface area contributed by atoms with Crippen LogP contribution in [0.25, 0.3) is 0 Å². The summed E-state index contributed by atoms with van der Waals surface area (Å²) in [7, 11) is 5.06. The molecule has 4 nitrogen and oxygen atoms in total. The number of ether oxygens (including phenoxy) is 2. The van der Waals surface area contributed by atoms with Gasteiger partial charge in [-0.25, -0.2) is 0 Å². The van der Waals surface area contributed by atoms with Crippen molar-refractivity contribution in [2.24, 2.45) is 0 Å². The molecule has 1 atom stereocenters. The number of nitrogens with zero attached hydrogens (tertiary/aromatic N) is 1. The molecule has 2 aromatic rings. The predicted molar refractivity (Wildman–Crippen MR) is 107 cm³/mol. The highest BCUT2D eigenvalue weighted by Crippen LogP contribution is 2.55. The first-order chi connectivity index (χ1) is 12.6. The molecule has 0 aliphatic carbocycles. The normalized spacial score (nSPS) is 19.2. The lowest BCUT2D eigenvalue weighted by molar-refractivity contribution is -0.121. The maximum absolute atomic E-state index is 13.5. The SMILES string of the molecule is COc1ccc(OC)c(C2(CCCCl)Sc3ccccc3N(C)C2=O)c1. The van der Waals surface area contributed by atoms with Gasteiger partial charge in [0.1, 0.15) is 16.2 Å². The second-order valence-electron chi connectivity index (χ2n) is 6.12. The average molecular weight is 392 g/mol. The van der Waals surface area contributed by atoms with Gasteiger partial charge in [-0.3, -0.25) is 4.79 Å². The molecule has 138 valence electrons. The summed E-state index contributed by atoms with van der Waals surface area (Å²) in [5.74, 6) is 1.89. The zero-order valence-electron chi connectivity index (χ0n) is 15.1. The molecule has 2 aromatic carbocycles. The molecule has 0 saturated heterocycles. The van der Waals surface area contributed by atoms with Gasteiger partial charge in [-0.05, 0) is 43.2 Å². The Kier molecular flexibility index (Phi) is 5.68. The van der Waals surface area contributed by atoms with Crippen LogP contribution in [-0.2, 0) is 9.54 Å². The Balaban J connectivity index is 2.22. The smallest absolute Gasteiger partial charge is 0.248 e. The number of para-hydroxylation sites is 1. The fourth-order valence-electron chi connectivity index (χ4n) is 3.34. The maximum Gasteiger partial charge on any atom is 0.248 e. The summed E-state index contributed by atoms with van der Waals surface area (Å²) < 4.78 is 10.2. The first-order valence-electron chi connectivity index (χ1n) is 8.42. The van der Waals surface area contributed by atoms with Crippen molar-refractivity contribution >= 4 is 35.0 Å². The van der Waals surface area contributed by atoms with Crippen molar-refractivity contribution in [2.75, 3.05) is 32.0 Å². The fourth-order valence-corrected chi connectivity index (χ4v) is 5.05. The van der Waals surface area contributed by atoms with Crippen LogP contribution in [0, 0.1) is 0 Å². The van der Waals surface area contributed by atoms with Gasteiger partial charge < -0.3 is 14.4 Å². The van der Waals surface area contributed by atoms with E-state index in [9.17, 15) is 4.79 Å². The first kappa shape index (κ1) is 18.9. The fraction of sp³-hybridized carbons (Fsp3) is 0.350. The van der Waals surface area contributed by atoms with Gasteiger partial charge in [-0.2, -0.15) is 0 Å². The summed E-state index contributed by atoms with van der Waals surface area (Å²) in [5, 5.41) is 0. The molecular weight excluding hydrogens is 370 g/mol. The van der Waals surface area contributed by atoms with Crippen LogP contribution < -0.4 is 14.4 Å². The number of benzene rings is 2. The minimum absolute atomic E-state index is 0.0258. The molecule has 0 spiro atoms. The second-order valence-corrected chi connectivity index (χ2v) is 7.84. The van der Waals surface area contributed by atoms with Gasteiger partial charge in [0.2, 0.25) is 5.91 Å². The summed E-state index contributed by atoms with van der Waals surface area (Å²) in [6, 6.07) is 13.5. The van der Waals surface area contributed by atoms with E-state index >= 15 is 0 Å². The minimum Gasteiger partial charge on any atom is -0.497 e. The van der Waals surface area contributed by atoms with Gasteiger partial charge in [-0.1, -0.05) is 12.1 Å². The van der Waals surface area contributed by atoms with Crippen LogP contribution in [-0.4, -0.2) is 33.1 Å². The number of fused-ring (bicyclic) bond motifs is 1. The monoisotopic (exact) mass is 391 g/mol. The van der Waals surface area contributed by atoms with Crippen molar-refractivity contribution in [3.05, 3.63) is 48.0 Å². The van der Waals surface area contributed by atoms with E-state index in [4.69, 9.17) is 21.1 Å². The Morgan fingerprint density at radius 2 is 1.92 bits per heavy atom. The molecule has 1 aliphatic heterocycles. The third kappa shape index (κ3) is 3.14. The second kappa shape index (κ2) is 7.80. The molecule has 1 unspecified atom stereocenters.